The smallest absolute Gasteiger partial charge is 0.511 e. The molecule has 238 valence electrons. The van der Waals surface area contributed by atoms with E-state index in [1.165, 1.54) is 12.1 Å². The fourth-order valence-corrected chi connectivity index (χ4v) is 6.37. The maximum absolute atomic E-state index is 13.9. The van der Waals surface area contributed by atoms with Crippen molar-refractivity contribution in [2.24, 2.45) is 23.5 Å². The van der Waals surface area contributed by atoms with Gasteiger partial charge >= 0.3 is 12.4 Å². The summed E-state index contributed by atoms with van der Waals surface area (Å²) >= 11 is 0. The summed E-state index contributed by atoms with van der Waals surface area (Å²) in [5.41, 5.74) is 5.87. The van der Waals surface area contributed by atoms with Gasteiger partial charge in [-0.2, -0.15) is 0 Å². The molecule has 0 heterocycles. The van der Waals surface area contributed by atoms with Crippen LogP contribution in [0.1, 0.15) is 34.3 Å². The highest BCUT2D eigenvalue weighted by Gasteiger charge is 2.50. The molecule has 0 radical (unpaired) electrons. The van der Waals surface area contributed by atoms with E-state index in [9.17, 15) is 47.7 Å². The summed E-state index contributed by atoms with van der Waals surface area (Å²) in [7, 11) is 3.45. The fourth-order valence-electron chi connectivity index (χ4n) is 6.37. The minimum atomic E-state index is -4.87. The van der Waals surface area contributed by atoms with E-state index in [0.29, 0.717) is 11.3 Å². The number of halogens is 3. The summed E-state index contributed by atoms with van der Waals surface area (Å²) in [6.07, 6.45) is -4.48. The molecule has 0 bridgehead atoms. The number of phenols is 1. The number of ketones is 2. The number of urea groups is 1. The lowest BCUT2D eigenvalue weighted by molar-refractivity contribution is -0.274. The van der Waals surface area contributed by atoms with Crippen molar-refractivity contribution in [2.45, 2.75) is 32.2 Å². The zero-order valence-electron chi connectivity index (χ0n) is 24.0. The number of hydrogen-bond donors (Lipinski definition) is 6. The van der Waals surface area contributed by atoms with Crippen LogP contribution in [-0.4, -0.2) is 59.3 Å². The summed E-state index contributed by atoms with van der Waals surface area (Å²) in [6.45, 7) is -0.266. The molecule has 15 heteroatoms. The van der Waals surface area contributed by atoms with E-state index >= 15 is 0 Å². The lowest BCUT2D eigenvalue weighted by atomic mass is 9.62. The Labute approximate surface area is 253 Å². The number of allylic oxidation sites excluding steroid dienone is 3. The second-order valence-electron chi connectivity index (χ2n) is 11.3. The predicted octanol–water partition coefficient (Wildman–Crippen LogP) is 3.75. The Kier molecular flexibility index (Phi) is 7.89. The van der Waals surface area contributed by atoms with Gasteiger partial charge in [0.15, 0.2) is 11.6 Å². The molecule has 45 heavy (non-hydrogen) atoms. The molecule has 3 aliphatic carbocycles. The maximum Gasteiger partial charge on any atom is 0.573 e. The van der Waals surface area contributed by atoms with Crippen LogP contribution in [0.3, 0.4) is 0 Å². The topological polar surface area (TPSA) is 192 Å². The number of nitrogens with zero attached hydrogens (tertiary/aromatic N) is 1. The zero-order valence-corrected chi connectivity index (χ0v) is 24.0. The standard InChI is InChI=1S/C30H29F3N4O8/c1-37(2)18-9-14(11-35-29(44)36-15-3-5-16(6-4-15)45-30(31,32)33)24(39)22-17(18)8-12-7-13-10-19(38)23(28(34)43)27(42)21(13)25(40)20(12)26(22)41/h3-6,9,12-13,21,38-40H,7-8,10-11H2,1-2H3,(H2,34,43)(H2,35,36,44). The van der Waals surface area contributed by atoms with E-state index in [1.807, 2.05) is 0 Å². The van der Waals surface area contributed by atoms with Crippen molar-refractivity contribution in [1.29, 1.82) is 0 Å². The molecule has 12 nitrogen and oxygen atoms in total. The van der Waals surface area contributed by atoms with Crippen LogP contribution in [0.25, 0.3) is 0 Å². The Morgan fingerprint density at radius 1 is 1.09 bits per heavy atom. The van der Waals surface area contributed by atoms with Gasteiger partial charge in [-0.05, 0) is 60.6 Å². The lowest BCUT2D eigenvalue weighted by Gasteiger charge is -2.41. The number of alkyl halides is 3. The summed E-state index contributed by atoms with van der Waals surface area (Å²) in [5, 5.41) is 37.8. The summed E-state index contributed by atoms with van der Waals surface area (Å²) in [6, 6.07) is 5.28. The molecule has 7 N–H and O–H groups in total. The molecule has 3 aliphatic rings. The van der Waals surface area contributed by atoms with E-state index in [0.717, 1.165) is 12.1 Å². The van der Waals surface area contributed by atoms with Crippen LogP contribution < -0.4 is 26.0 Å². The van der Waals surface area contributed by atoms with Gasteiger partial charge < -0.3 is 41.3 Å². The summed E-state index contributed by atoms with van der Waals surface area (Å²) < 4.78 is 41.0. The van der Waals surface area contributed by atoms with Crippen molar-refractivity contribution in [3.8, 4) is 11.5 Å². The first-order valence-electron chi connectivity index (χ1n) is 13.8. The SMILES string of the molecule is CN(C)c1cc(CNC(=O)Nc2ccc(OC(F)(F)F)cc2)c(O)c2c1CC1CC3CC(O)=C(C(N)=O)C(=O)C3C(O)=C1C2=O. The summed E-state index contributed by atoms with van der Waals surface area (Å²) in [4.78, 5) is 53.1. The van der Waals surface area contributed by atoms with E-state index in [4.69, 9.17) is 5.73 Å². The van der Waals surface area contributed by atoms with Crippen LogP contribution in [0.15, 0.2) is 53.0 Å². The van der Waals surface area contributed by atoms with E-state index in [1.54, 1.807) is 25.1 Å². The van der Waals surface area contributed by atoms with Crippen molar-refractivity contribution in [3.05, 3.63) is 69.7 Å². The van der Waals surface area contributed by atoms with E-state index in [-0.39, 0.29) is 48.2 Å². The zero-order chi connectivity index (χ0) is 33.0. The number of rotatable bonds is 6. The number of anilines is 2. The van der Waals surface area contributed by atoms with Crippen LogP contribution in [0, 0.1) is 17.8 Å². The van der Waals surface area contributed by atoms with Gasteiger partial charge in [0.05, 0.1) is 11.5 Å². The van der Waals surface area contributed by atoms with Crippen molar-refractivity contribution < 1.29 is 52.4 Å². The van der Waals surface area contributed by atoms with E-state index < -0.39 is 76.2 Å². The van der Waals surface area contributed by atoms with Gasteiger partial charge in [0.25, 0.3) is 5.91 Å². The molecule has 0 aliphatic heterocycles. The summed E-state index contributed by atoms with van der Waals surface area (Å²) in [5.74, 6) is -6.98. The Morgan fingerprint density at radius 2 is 1.76 bits per heavy atom. The van der Waals surface area contributed by atoms with Crippen molar-refractivity contribution >= 4 is 34.9 Å². The Morgan fingerprint density at radius 3 is 2.36 bits per heavy atom. The molecule has 5 rings (SSSR count). The monoisotopic (exact) mass is 630 g/mol. The number of aromatic hydroxyl groups is 1. The fraction of sp³-hybridized carbons (Fsp3) is 0.333. The molecule has 2 aromatic carbocycles. The first kappa shape index (κ1) is 31.2. The molecule has 3 atom stereocenters. The van der Waals surface area contributed by atoms with Crippen LogP contribution in [0.2, 0.25) is 0 Å². The van der Waals surface area contributed by atoms with E-state index in [2.05, 4.69) is 15.4 Å². The number of fused-ring (bicyclic) bond motifs is 3. The lowest BCUT2D eigenvalue weighted by Crippen LogP contribution is -2.43. The molecule has 0 aromatic heterocycles. The third kappa shape index (κ3) is 5.84. The molecule has 0 spiro atoms. The van der Waals surface area contributed by atoms with Gasteiger partial charge in [-0.25, -0.2) is 4.79 Å². The molecule has 0 saturated heterocycles. The normalized spacial score (nSPS) is 21.0. The molecule has 2 aromatic rings. The number of carbonyl (C=O) groups is 4. The highest BCUT2D eigenvalue weighted by atomic mass is 19.4. The number of aliphatic hydroxyl groups is 2. The number of carbonyl (C=O) groups excluding carboxylic acids is 4. The van der Waals surface area contributed by atoms with Crippen LogP contribution in [0.4, 0.5) is 29.3 Å². The second kappa shape index (κ2) is 11.4. The number of phenolic OH excluding ortho intramolecular Hbond substituents is 1. The molecule has 0 fully saturated rings. The maximum atomic E-state index is 13.9. The molecule has 0 saturated carbocycles. The first-order valence-corrected chi connectivity index (χ1v) is 13.8. The van der Waals surface area contributed by atoms with Crippen molar-refractivity contribution in [1.82, 2.24) is 5.32 Å². The number of aliphatic hydroxyl groups excluding tert-OH is 2. The Hall–Kier alpha value is -5.21. The molecule has 3 unspecified atom stereocenters. The van der Waals surface area contributed by atoms with Gasteiger partial charge in [-0.1, -0.05) is 0 Å². The number of nitrogens with two attached hydrogens (primary N) is 1. The minimum Gasteiger partial charge on any atom is -0.511 e. The third-order valence-electron chi connectivity index (χ3n) is 8.21. The Balaban J connectivity index is 1.41. The van der Waals surface area contributed by atoms with Crippen LogP contribution >= 0.6 is 0 Å². The van der Waals surface area contributed by atoms with Gasteiger partial charge in [0.1, 0.15) is 28.6 Å². The number of hydrogen-bond acceptors (Lipinski definition) is 9. The molecular formula is C30H29F3N4O8. The van der Waals surface area contributed by atoms with Gasteiger partial charge in [-0.3, -0.25) is 14.4 Å². The van der Waals surface area contributed by atoms with Gasteiger partial charge in [-0.15, -0.1) is 13.2 Å². The number of Topliss-reactive ketones (excluding diaryl/α,β-unsaturated/α-hetero) is 2. The number of ether oxygens (including phenoxy) is 1. The predicted molar refractivity (Wildman–Crippen MR) is 153 cm³/mol. The average Bonchev–Trinajstić information content (AvgIpc) is 2.92. The molecule has 3 amide bonds. The Bertz CT molecular complexity index is 1680. The first-order chi connectivity index (χ1) is 21.1. The number of primary amides is 1. The van der Waals surface area contributed by atoms with Crippen LogP contribution in [-0.2, 0) is 22.6 Å². The largest absolute Gasteiger partial charge is 0.573 e. The quantitative estimate of drug-likeness (QED) is 0.258. The number of benzene rings is 2. The van der Waals surface area contributed by atoms with Crippen LogP contribution in [0.5, 0.6) is 11.5 Å². The second-order valence-corrected chi connectivity index (χ2v) is 11.3. The highest BCUT2D eigenvalue weighted by Crippen LogP contribution is 2.51. The number of amides is 3. The van der Waals surface area contributed by atoms with Crippen molar-refractivity contribution in [3.63, 3.8) is 0 Å². The third-order valence-corrected chi connectivity index (χ3v) is 8.21. The highest BCUT2D eigenvalue weighted by molar-refractivity contribution is 6.22. The number of nitrogens with one attached hydrogen (secondary N) is 2. The minimum absolute atomic E-state index is 0.0666. The molecular weight excluding hydrogens is 601 g/mol. The van der Waals surface area contributed by atoms with Crippen molar-refractivity contribution in [2.75, 3.05) is 24.3 Å². The average molecular weight is 631 g/mol. The van der Waals surface area contributed by atoms with Gasteiger partial charge in [0, 0.05) is 49.6 Å². The van der Waals surface area contributed by atoms with Gasteiger partial charge in [0.2, 0.25) is 0 Å².